The van der Waals surface area contributed by atoms with Gasteiger partial charge in [0.1, 0.15) is 23.6 Å². The topological polar surface area (TPSA) is 149 Å². The molecule has 0 aliphatic carbocycles. The number of hydrogen-bond acceptors (Lipinski definition) is 10. The van der Waals surface area contributed by atoms with Crippen LogP contribution in [-0.2, 0) is 0 Å². The van der Waals surface area contributed by atoms with Crippen LogP contribution in [0.2, 0.25) is 10.2 Å². The molecule has 0 radical (unpaired) electrons. The quantitative estimate of drug-likeness (QED) is 0.0905. The molecule has 0 unspecified atom stereocenters. The molecule has 0 spiro atoms. The molecule has 2 aromatic heterocycles. The second-order valence-electron chi connectivity index (χ2n) is 7.85. The lowest BCUT2D eigenvalue weighted by Gasteiger charge is -2.12. The molecule has 0 saturated carbocycles. The molecular formula is C26H22Cl2N8O4. The molecule has 1 N–H and O–H groups in total. The van der Waals surface area contributed by atoms with Crippen molar-refractivity contribution in [2.45, 2.75) is 0 Å². The molecule has 0 aliphatic heterocycles. The number of halogens is 2. The Kier molecular flexibility index (Phi) is 9.07. The Morgan fingerprint density at radius 1 is 0.700 bits per heavy atom. The molecule has 0 amide bonds. The van der Waals surface area contributed by atoms with Gasteiger partial charge in [0.25, 0.3) is 0 Å². The van der Waals surface area contributed by atoms with E-state index in [0.717, 1.165) is 16.3 Å². The van der Waals surface area contributed by atoms with Crippen LogP contribution in [0.1, 0.15) is 0 Å². The van der Waals surface area contributed by atoms with E-state index in [1.165, 1.54) is 12.7 Å². The maximum Gasteiger partial charge on any atom is 0.162 e. The second kappa shape index (κ2) is 12.9. The second-order valence-corrected chi connectivity index (χ2v) is 8.64. The van der Waals surface area contributed by atoms with E-state index in [9.17, 15) is 0 Å². The highest BCUT2D eigenvalue weighted by Gasteiger charge is 2.12. The lowest BCUT2D eigenvalue weighted by Crippen LogP contribution is -1.98. The minimum absolute atomic E-state index is 0.398. The number of methoxy groups -OCH3 is 4. The number of fused-ring (bicyclic) bond motifs is 2. The van der Waals surface area contributed by atoms with Gasteiger partial charge in [0.05, 0.1) is 39.5 Å². The molecule has 0 atom stereocenters. The van der Waals surface area contributed by atoms with Crippen molar-refractivity contribution in [2.24, 2.45) is 5.11 Å². The SMILES string of the molecule is COc1cc2ncnc(Cl)c2cc1OC.COc1cc2ncnc(Nc3cc(Cl)cc(N=[N+]=[N-])c3)c2cc1OC. The van der Waals surface area contributed by atoms with Crippen molar-refractivity contribution >= 4 is 62.2 Å². The molecular weight excluding hydrogens is 559 g/mol. The number of benzene rings is 3. The summed E-state index contributed by atoms with van der Waals surface area (Å²) in [6.45, 7) is 0. The Morgan fingerprint density at radius 2 is 1.25 bits per heavy atom. The highest BCUT2D eigenvalue weighted by Crippen LogP contribution is 2.36. The lowest BCUT2D eigenvalue weighted by atomic mass is 10.2. The summed E-state index contributed by atoms with van der Waals surface area (Å²) in [5, 5.41) is 9.06. The van der Waals surface area contributed by atoms with Gasteiger partial charge >= 0.3 is 0 Å². The van der Waals surface area contributed by atoms with Gasteiger partial charge in [0, 0.05) is 44.2 Å². The third-order valence-electron chi connectivity index (χ3n) is 5.54. The minimum Gasteiger partial charge on any atom is -0.493 e. The first kappa shape index (κ1) is 28.2. The standard InChI is InChI=1S/C16H13ClN6O2.C10H9ClN2O2/c1-24-14-6-12-13(7-15(14)25-2)19-8-20-16(12)21-10-3-9(17)4-11(5-10)22-23-18;1-14-8-3-6-7(4-9(8)15-2)12-5-13-10(6)11/h3-8H,1-2H3,(H,19,20,21);3-5H,1-2H3. The Hall–Kier alpha value is -4.77. The van der Waals surface area contributed by atoms with E-state index in [1.54, 1.807) is 70.9 Å². The maximum absolute atomic E-state index is 8.59. The monoisotopic (exact) mass is 580 g/mol. The van der Waals surface area contributed by atoms with E-state index in [0.29, 0.717) is 55.9 Å². The molecule has 0 bridgehead atoms. The van der Waals surface area contributed by atoms with Crippen molar-refractivity contribution in [2.75, 3.05) is 33.8 Å². The normalized spacial score (nSPS) is 10.2. The number of hydrogen-bond donors (Lipinski definition) is 1. The number of nitrogens with one attached hydrogen (secondary N) is 1. The first-order valence-corrected chi connectivity index (χ1v) is 12.2. The molecule has 40 heavy (non-hydrogen) atoms. The first-order chi connectivity index (χ1) is 19.4. The summed E-state index contributed by atoms with van der Waals surface area (Å²) in [7, 11) is 6.27. The van der Waals surface area contributed by atoms with E-state index < -0.39 is 0 Å². The number of anilines is 2. The molecule has 0 fully saturated rings. The van der Waals surface area contributed by atoms with Gasteiger partial charge in [-0.3, -0.25) is 0 Å². The molecule has 3 aromatic carbocycles. The van der Waals surface area contributed by atoms with Crippen molar-refractivity contribution in [3.05, 3.63) is 75.7 Å². The number of azide groups is 1. The fourth-order valence-corrected chi connectivity index (χ4v) is 4.15. The van der Waals surface area contributed by atoms with Gasteiger partial charge < -0.3 is 24.3 Å². The summed E-state index contributed by atoms with van der Waals surface area (Å²) in [5.74, 6) is 2.93. The predicted molar refractivity (Wildman–Crippen MR) is 154 cm³/mol. The van der Waals surface area contributed by atoms with Crippen LogP contribution in [0.3, 0.4) is 0 Å². The van der Waals surface area contributed by atoms with Crippen molar-refractivity contribution < 1.29 is 18.9 Å². The summed E-state index contributed by atoms with van der Waals surface area (Å²) in [5.41, 5.74) is 11.0. The summed E-state index contributed by atoms with van der Waals surface area (Å²) < 4.78 is 20.9. The molecule has 14 heteroatoms. The van der Waals surface area contributed by atoms with Crippen LogP contribution >= 0.6 is 23.2 Å². The van der Waals surface area contributed by atoms with Crippen molar-refractivity contribution in [3.8, 4) is 23.0 Å². The molecule has 0 saturated heterocycles. The van der Waals surface area contributed by atoms with Crippen LogP contribution in [0.15, 0.2) is 60.2 Å². The zero-order valence-corrected chi connectivity index (χ0v) is 23.2. The minimum atomic E-state index is 0.398. The fraction of sp³-hybridized carbons (Fsp3) is 0.154. The van der Waals surface area contributed by atoms with E-state index >= 15 is 0 Å². The van der Waals surface area contributed by atoms with Crippen molar-refractivity contribution in [1.82, 2.24) is 19.9 Å². The smallest absolute Gasteiger partial charge is 0.162 e. The molecule has 5 aromatic rings. The Labute approximate surface area is 238 Å². The lowest BCUT2D eigenvalue weighted by molar-refractivity contribution is 0.356. The Balaban J connectivity index is 0.000000210. The van der Waals surface area contributed by atoms with E-state index in [1.807, 2.05) is 0 Å². The van der Waals surface area contributed by atoms with Gasteiger partial charge in [0.15, 0.2) is 23.0 Å². The number of rotatable bonds is 7. The zero-order valence-electron chi connectivity index (χ0n) is 21.7. The maximum atomic E-state index is 8.59. The Morgan fingerprint density at radius 3 is 1.85 bits per heavy atom. The highest BCUT2D eigenvalue weighted by atomic mass is 35.5. The number of nitrogens with zero attached hydrogens (tertiary/aromatic N) is 7. The largest absolute Gasteiger partial charge is 0.493 e. The van der Waals surface area contributed by atoms with Gasteiger partial charge in [0.2, 0.25) is 0 Å². The van der Waals surface area contributed by atoms with E-state index in [-0.39, 0.29) is 0 Å². The predicted octanol–water partition coefficient (Wildman–Crippen LogP) is 7.29. The van der Waals surface area contributed by atoms with Gasteiger partial charge in [-0.05, 0) is 35.9 Å². The highest BCUT2D eigenvalue weighted by molar-refractivity contribution is 6.34. The zero-order chi connectivity index (χ0) is 28.6. The number of aromatic nitrogens is 4. The summed E-state index contributed by atoms with van der Waals surface area (Å²) in [6, 6.07) is 12.0. The van der Waals surface area contributed by atoms with Gasteiger partial charge in [-0.25, -0.2) is 19.9 Å². The van der Waals surface area contributed by atoms with Crippen molar-refractivity contribution in [1.29, 1.82) is 0 Å². The molecule has 2 heterocycles. The van der Waals surface area contributed by atoms with Crippen LogP contribution in [0, 0.1) is 0 Å². The summed E-state index contributed by atoms with van der Waals surface area (Å²) in [4.78, 5) is 19.3. The van der Waals surface area contributed by atoms with Crippen LogP contribution in [-0.4, -0.2) is 48.4 Å². The average molecular weight is 581 g/mol. The molecule has 12 nitrogen and oxygen atoms in total. The fourth-order valence-electron chi connectivity index (χ4n) is 3.73. The first-order valence-electron chi connectivity index (χ1n) is 11.4. The van der Waals surface area contributed by atoms with E-state index in [2.05, 4.69) is 35.3 Å². The summed E-state index contributed by atoms with van der Waals surface area (Å²) >= 11 is 12.0. The van der Waals surface area contributed by atoms with E-state index in [4.69, 9.17) is 47.7 Å². The Bertz CT molecular complexity index is 1730. The third-order valence-corrected chi connectivity index (χ3v) is 6.06. The molecule has 5 rings (SSSR count). The number of ether oxygens (including phenoxy) is 4. The van der Waals surface area contributed by atoms with Crippen molar-refractivity contribution in [3.63, 3.8) is 0 Å². The summed E-state index contributed by atoms with van der Waals surface area (Å²) in [6.07, 6.45) is 2.85. The molecule has 0 aliphatic rings. The average Bonchev–Trinajstić information content (AvgIpc) is 2.96. The van der Waals surface area contributed by atoms with Crippen LogP contribution in [0.4, 0.5) is 17.2 Å². The van der Waals surface area contributed by atoms with Gasteiger partial charge in [-0.2, -0.15) is 0 Å². The van der Waals surface area contributed by atoms with Crippen LogP contribution < -0.4 is 24.3 Å². The van der Waals surface area contributed by atoms with Crippen LogP contribution in [0.5, 0.6) is 23.0 Å². The molecule has 204 valence electrons. The third kappa shape index (κ3) is 6.26. The van der Waals surface area contributed by atoms with Gasteiger partial charge in [-0.1, -0.05) is 28.3 Å². The van der Waals surface area contributed by atoms with Gasteiger partial charge in [-0.15, -0.1) is 0 Å². The van der Waals surface area contributed by atoms with Crippen LogP contribution in [0.25, 0.3) is 32.2 Å².